The lowest BCUT2D eigenvalue weighted by atomic mass is 10.1. The molecular weight excluding hydrogens is 424 g/mol. The standard InChI is InChI=1S/C25H26N2O4S/c1-18-13-22-15-21(11-12-24(22)27(18)32(2,29)30)25(28)26-16-20-9-6-10-23(14-20)31-17-19-7-4-3-5-8-19/h3-12,14-15,18H,13,16-17H2,1-2H3,(H,26,28). The van der Waals surface area contributed by atoms with Crippen LogP contribution in [0.15, 0.2) is 72.8 Å². The molecule has 4 rings (SSSR count). The van der Waals surface area contributed by atoms with Crippen molar-refractivity contribution in [3.8, 4) is 5.75 Å². The van der Waals surface area contributed by atoms with Crippen LogP contribution in [-0.4, -0.2) is 26.6 Å². The van der Waals surface area contributed by atoms with Gasteiger partial charge in [-0.1, -0.05) is 42.5 Å². The van der Waals surface area contributed by atoms with E-state index in [2.05, 4.69) is 5.32 Å². The van der Waals surface area contributed by atoms with Gasteiger partial charge in [-0.3, -0.25) is 9.10 Å². The van der Waals surface area contributed by atoms with Crippen molar-refractivity contribution in [2.75, 3.05) is 10.6 Å². The fourth-order valence-corrected chi connectivity index (χ4v) is 5.28. The molecule has 1 unspecified atom stereocenters. The first-order valence-electron chi connectivity index (χ1n) is 10.5. The number of rotatable bonds is 7. The van der Waals surface area contributed by atoms with E-state index in [4.69, 9.17) is 4.74 Å². The molecule has 0 saturated carbocycles. The monoisotopic (exact) mass is 450 g/mol. The molecule has 32 heavy (non-hydrogen) atoms. The third-order valence-corrected chi connectivity index (χ3v) is 6.72. The Bertz CT molecular complexity index is 1230. The van der Waals surface area contributed by atoms with Gasteiger partial charge in [-0.25, -0.2) is 8.42 Å². The fourth-order valence-electron chi connectivity index (χ4n) is 4.02. The van der Waals surface area contributed by atoms with Crippen molar-refractivity contribution >= 4 is 21.6 Å². The van der Waals surface area contributed by atoms with Crippen LogP contribution < -0.4 is 14.4 Å². The summed E-state index contributed by atoms with van der Waals surface area (Å²) in [5.41, 5.74) is 4.06. The number of hydrogen-bond acceptors (Lipinski definition) is 4. The molecule has 6 nitrogen and oxygen atoms in total. The zero-order chi connectivity index (χ0) is 22.7. The van der Waals surface area contributed by atoms with Crippen molar-refractivity contribution in [2.24, 2.45) is 0 Å². The molecule has 0 saturated heterocycles. The minimum absolute atomic E-state index is 0.156. The van der Waals surface area contributed by atoms with Gasteiger partial charge in [0.15, 0.2) is 0 Å². The van der Waals surface area contributed by atoms with Crippen LogP contribution in [0.1, 0.15) is 34.0 Å². The number of amides is 1. The van der Waals surface area contributed by atoms with E-state index in [9.17, 15) is 13.2 Å². The van der Waals surface area contributed by atoms with Crippen molar-refractivity contribution in [1.29, 1.82) is 0 Å². The molecule has 0 aliphatic carbocycles. The Morgan fingerprint density at radius 2 is 1.78 bits per heavy atom. The number of hydrogen-bond donors (Lipinski definition) is 1. The second-order valence-corrected chi connectivity index (χ2v) is 9.92. The second-order valence-electron chi connectivity index (χ2n) is 8.06. The summed E-state index contributed by atoms with van der Waals surface area (Å²) in [6.07, 6.45) is 1.79. The minimum atomic E-state index is -3.35. The molecule has 1 amide bonds. The number of nitrogens with one attached hydrogen (secondary N) is 1. The number of carbonyl (C=O) groups is 1. The summed E-state index contributed by atoms with van der Waals surface area (Å²) < 4.78 is 31.4. The highest BCUT2D eigenvalue weighted by Crippen LogP contribution is 2.34. The van der Waals surface area contributed by atoms with Gasteiger partial charge in [0.1, 0.15) is 12.4 Å². The van der Waals surface area contributed by atoms with Crippen LogP contribution in [0.3, 0.4) is 0 Å². The van der Waals surface area contributed by atoms with Gasteiger partial charge in [-0.05, 0) is 60.4 Å². The van der Waals surface area contributed by atoms with Gasteiger partial charge in [-0.2, -0.15) is 0 Å². The predicted molar refractivity (Wildman–Crippen MR) is 125 cm³/mol. The Labute approximate surface area is 188 Å². The maximum absolute atomic E-state index is 12.7. The second kappa shape index (κ2) is 9.04. The molecule has 1 N–H and O–H groups in total. The molecule has 0 fully saturated rings. The number of benzene rings is 3. The highest BCUT2D eigenvalue weighted by atomic mass is 32.2. The van der Waals surface area contributed by atoms with Crippen molar-refractivity contribution in [2.45, 2.75) is 32.5 Å². The van der Waals surface area contributed by atoms with Gasteiger partial charge in [-0.15, -0.1) is 0 Å². The molecule has 0 radical (unpaired) electrons. The van der Waals surface area contributed by atoms with Crippen LogP contribution in [0.2, 0.25) is 0 Å². The lowest BCUT2D eigenvalue weighted by molar-refractivity contribution is 0.0950. The Morgan fingerprint density at radius 1 is 1.03 bits per heavy atom. The zero-order valence-electron chi connectivity index (χ0n) is 18.1. The maximum atomic E-state index is 12.7. The molecule has 1 aliphatic rings. The smallest absolute Gasteiger partial charge is 0.251 e. The molecule has 3 aromatic carbocycles. The van der Waals surface area contributed by atoms with Gasteiger partial charge >= 0.3 is 0 Å². The molecular formula is C25H26N2O4S. The summed E-state index contributed by atoms with van der Waals surface area (Å²) in [4.78, 5) is 12.7. The third kappa shape index (κ3) is 4.94. The van der Waals surface area contributed by atoms with Crippen LogP contribution in [0.4, 0.5) is 5.69 Å². The van der Waals surface area contributed by atoms with Crippen LogP contribution in [-0.2, 0) is 29.6 Å². The van der Waals surface area contributed by atoms with Crippen LogP contribution in [0, 0.1) is 0 Å². The van der Waals surface area contributed by atoms with E-state index in [1.54, 1.807) is 18.2 Å². The summed E-state index contributed by atoms with van der Waals surface area (Å²) in [7, 11) is -3.35. The number of ether oxygens (including phenoxy) is 1. The van der Waals surface area contributed by atoms with Gasteiger partial charge in [0.2, 0.25) is 10.0 Å². The van der Waals surface area contributed by atoms with Crippen molar-refractivity contribution in [3.63, 3.8) is 0 Å². The number of nitrogens with zero attached hydrogens (tertiary/aromatic N) is 1. The van der Waals surface area contributed by atoms with Gasteiger partial charge in [0.25, 0.3) is 5.91 Å². The molecule has 1 aliphatic heterocycles. The average molecular weight is 451 g/mol. The molecule has 1 heterocycles. The number of carbonyl (C=O) groups excluding carboxylic acids is 1. The fraction of sp³-hybridized carbons (Fsp3) is 0.240. The number of anilines is 1. The number of sulfonamides is 1. The Kier molecular flexibility index (Phi) is 6.19. The predicted octanol–water partition coefficient (Wildman–Crippen LogP) is 3.91. The van der Waals surface area contributed by atoms with E-state index < -0.39 is 10.0 Å². The lowest BCUT2D eigenvalue weighted by Gasteiger charge is -2.21. The molecule has 7 heteroatoms. The van der Waals surface area contributed by atoms with E-state index in [1.165, 1.54) is 10.6 Å². The van der Waals surface area contributed by atoms with Crippen LogP contribution in [0.25, 0.3) is 0 Å². The molecule has 0 aromatic heterocycles. The van der Waals surface area contributed by atoms with E-state index in [1.807, 2.05) is 61.5 Å². The normalized spacial score (nSPS) is 15.3. The van der Waals surface area contributed by atoms with Gasteiger partial charge in [0, 0.05) is 18.2 Å². The summed E-state index contributed by atoms with van der Waals surface area (Å²) in [6.45, 7) is 2.71. The average Bonchev–Trinajstić information content (AvgIpc) is 3.12. The van der Waals surface area contributed by atoms with Crippen LogP contribution in [0.5, 0.6) is 5.75 Å². The highest BCUT2D eigenvalue weighted by molar-refractivity contribution is 7.92. The lowest BCUT2D eigenvalue weighted by Crippen LogP contribution is -2.34. The molecule has 166 valence electrons. The summed E-state index contributed by atoms with van der Waals surface area (Å²) in [5, 5.41) is 2.93. The molecule has 0 bridgehead atoms. The topological polar surface area (TPSA) is 75.7 Å². The Hall–Kier alpha value is -3.32. The molecule has 0 spiro atoms. The largest absolute Gasteiger partial charge is 0.489 e. The highest BCUT2D eigenvalue weighted by Gasteiger charge is 2.32. The van der Waals surface area contributed by atoms with Gasteiger partial charge in [0.05, 0.1) is 11.9 Å². The first kappa shape index (κ1) is 21.9. The van der Waals surface area contributed by atoms with Crippen LogP contribution >= 0.6 is 0 Å². The van der Waals surface area contributed by atoms with Gasteiger partial charge < -0.3 is 10.1 Å². The van der Waals surface area contributed by atoms with E-state index in [0.717, 1.165) is 22.4 Å². The van der Waals surface area contributed by atoms with E-state index >= 15 is 0 Å². The van der Waals surface area contributed by atoms with E-state index in [-0.39, 0.29) is 11.9 Å². The minimum Gasteiger partial charge on any atom is -0.489 e. The Balaban J connectivity index is 1.39. The summed E-state index contributed by atoms with van der Waals surface area (Å²) in [6, 6.07) is 22.6. The Morgan fingerprint density at radius 3 is 2.53 bits per heavy atom. The maximum Gasteiger partial charge on any atom is 0.251 e. The summed E-state index contributed by atoms with van der Waals surface area (Å²) >= 11 is 0. The summed E-state index contributed by atoms with van der Waals surface area (Å²) in [5.74, 6) is 0.543. The SMILES string of the molecule is CC1Cc2cc(C(=O)NCc3cccc(OCc4ccccc4)c3)ccc2N1S(C)(=O)=O. The van der Waals surface area contributed by atoms with Crippen molar-refractivity contribution in [1.82, 2.24) is 5.32 Å². The quantitative estimate of drug-likeness (QED) is 0.592. The first-order chi connectivity index (χ1) is 15.3. The first-order valence-corrected chi connectivity index (χ1v) is 12.3. The number of fused-ring (bicyclic) bond motifs is 1. The third-order valence-electron chi connectivity index (χ3n) is 5.45. The van der Waals surface area contributed by atoms with Crippen molar-refractivity contribution < 1.29 is 17.9 Å². The molecule has 1 atom stereocenters. The molecule has 3 aromatic rings. The van der Waals surface area contributed by atoms with E-state index in [0.29, 0.717) is 30.8 Å². The zero-order valence-corrected chi connectivity index (χ0v) is 18.9. The van der Waals surface area contributed by atoms with Crippen molar-refractivity contribution in [3.05, 3.63) is 95.1 Å².